The van der Waals surface area contributed by atoms with Crippen LogP contribution < -0.4 is 9.08 Å². The number of rotatable bonds is 12. The molecule has 0 N–H and O–H groups in total. The van der Waals surface area contributed by atoms with Gasteiger partial charge in [-0.2, -0.15) is 8.42 Å². The van der Waals surface area contributed by atoms with Gasteiger partial charge < -0.3 is 18.9 Å². The summed E-state index contributed by atoms with van der Waals surface area (Å²) in [7, 11) is 0.190. The first kappa shape index (κ1) is 26.7. The fraction of sp³-hybridized carbons (Fsp3) is 0.480. The van der Waals surface area contributed by atoms with Crippen LogP contribution in [0.25, 0.3) is 0 Å². The molecule has 0 spiro atoms. The van der Waals surface area contributed by atoms with E-state index < -0.39 is 10.1 Å². The number of carbonyl (C=O) groups excluding carboxylic acids is 1. The number of likely N-dealkylation sites (N-methyl/N-ethyl adjacent to an activating group) is 1. The van der Waals surface area contributed by atoms with Gasteiger partial charge in [0.25, 0.3) is 5.91 Å². The third kappa shape index (κ3) is 7.47. The molecule has 182 valence electrons. The molecule has 0 aliphatic heterocycles. The van der Waals surface area contributed by atoms with Gasteiger partial charge in [-0.25, -0.2) is 0 Å². The van der Waals surface area contributed by atoms with E-state index in [1.165, 1.54) is 0 Å². The van der Waals surface area contributed by atoms with Gasteiger partial charge in [-0.05, 0) is 59.5 Å². The maximum atomic E-state index is 13.4. The number of anilines is 1. The van der Waals surface area contributed by atoms with E-state index in [2.05, 4.69) is 4.90 Å². The predicted molar refractivity (Wildman–Crippen MR) is 135 cm³/mol. The SMILES string of the molecule is CCN(CC)c1ccc(CN(CCN(C)C)C(=O)c2ccccc2C)c(OS(=O)(=O)CC)c1. The largest absolute Gasteiger partial charge is 0.382 e. The fourth-order valence-electron chi connectivity index (χ4n) is 3.49. The Kier molecular flexibility index (Phi) is 9.73. The number of hydrogen-bond acceptors (Lipinski definition) is 6. The number of benzene rings is 2. The molecule has 0 bridgehead atoms. The molecule has 1 amide bonds. The molecule has 0 saturated carbocycles. The lowest BCUT2D eigenvalue weighted by atomic mass is 10.1. The molecule has 0 aromatic heterocycles. The highest BCUT2D eigenvalue weighted by Gasteiger charge is 2.22. The Morgan fingerprint density at radius 2 is 1.64 bits per heavy atom. The van der Waals surface area contributed by atoms with E-state index in [0.29, 0.717) is 24.2 Å². The van der Waals surface area contributed by atoms with Gasteiger partial charge in [0.15, 0.2) is 0 Å². The Morgan fingerprint density at radius 3 is 2.21 bits per heavy atom. The molecule has 0 saturated heterocycles. The van der Waals surface area contributed by atoms with E-state index in [1.54, 1.807) is 17.9 Å². The van der Waals surface area contributed by atoms with Gasteiger partial charge in [0.05, 0.1) is 5.75 Å². The molecule has 0 heterocycles. The molecular weight excluding hydrogens is 438 g/mol. The third-order valence-corrected chi connectivity index (χ3v) is 6.73. The summed E-state index contributed by atoms with van der Waals surface area (Å²) in [6, 6.07) is 13.1. The van der Waals surface area contributed by atoms with Gasteiger partial charge in [0.2, 0.25) is 0 Å². The number of hydrogen-bond donors (Lipinski definition) is 0. The quantitative estimate of drug-likeness (QED) is 0.435. The second kappa shape index (κ2) is 12.0. The first-order chi connectivity index (χ1) is 15.6. The third-order valence-electron chi connectivity index (χ3n) is 5.59. The minimum atomic E-state index is -3.72. The van der Waals surface area contributed by atoms with Gasteiger partial charge in [-0.1, -0.05) is 24.3 Å². The Labute approximate surface area is 199 Å². The van der Waals surface area contributed by atoms with Gasteiger partial charge in [0.1, 0.15) is 5.75 Å². The van der Waals surface area contributed by atoms with Crippen LogP contribution >= 0.6 is 0 Å². The maximum absolute atomic E-state index is 13.4. The average Bonchev–Trinajstić information content (AvgIpc) is 2.78. The van der Waals surface area contributed by atoms with Crippen LogP contribution in [0.15, 0.2) is 42.5 Å². The summed E-state index contributed by atoms with van der Waals surface area (Å²) in [6.07, 6.45) is 0. The lowest BCUT2D eigenvalue weighted by molar-refractivity contribution is 0.0730. The van der Waals surface area contributed by atoms with Crippen LogP contribution in [-0.2, 0) is 16.7 Å². The van der Waals surface area contributed by atoms with Gasteiger partial charge in [-0.3, -0.25) is 4.79 Å². The normalized spacial score (nSPS) is 11.5. The molecule has 0 atom stereocenters. The Morgan fingerprint density at radius 1 is 0.970 bits per heavy atom. The second-order valence-corrected chi connectivity index (χ2v) is 10.1. The van der Waals surface area contributed by atoms with E-state index in [9.17, 15) is 13.2 Å². The fourth-order valence-corrected chi connectivity index (χ4v) is 4.04. The van der Waals surface area contributed by atoms with Crippen molar-refractivity contribution < 1.29 is 17.4 Å². The van der Waals surface area contributed by atoms with E-state index in [4.69, 9.17) is 4.18 Å². The first-order valence-corrected chi connectivity index (χ1v) is 13.0. The standard InChI is InChI=1S/C25H37N3O4S/c1-7-27(8-2)22-15-14-21(24(18-22)32-33(30,31)9-3)19-28(17-16-26(5)6)25(29)23-13-11-10-12-20(23)4/h10-15,18H,7-9,16-17,19H2,1-6H3. The number of nitrogens with zero attached hydrogens (tertiary/aromatic N) is 3. The predicted octanol–water partition coefficient (Wildman–Crippen LogP) is 3.77. The summed E-state index contributed by atoms with van der Waals surface area (Å²) in [4.78, 5) is 19.3. The van der Waals surface area contributed by atoms with E-state index in [0.717, 1.165) is 24.3 Å². The van der Waals surface area contributed by atoms with Crippen LogP contribution in [0.2, 0.25) is 0 Å². The van der Waals surface area contributed by atoms with Crippen LogP contribution in [0.5, 0.6) is 5.75 Å². The van der Waals surface area contributed by atoms with Crippen molar-refractivity contribution in [3.05, 3.63) is 59.2 Å². The molecule has 33 heavy (non-hydrogen) atoms. The van der Waals surface area contributed by atoms with Crippen molar-refractivity contribution in [3.63, 3.8) is 0 Å². The van der Waals surface area contributed by atoms with Gasteiger partial charge in [0, 0.05) is 55.6 Å². The van der Waals surface area contributed by atoms with Crippen LogP contribution in [0, 0.1) is 6.92 Å². The molecule has 2 aromatic rings. The minimum Gasteiger partial charge on any atom is -0.382 e. The molecule has 2 rings (SSSR count). The van der Waals surface area contributed by atoms with Crippen LogP contribution in [0.1, 0.15) is 42.3 Å². The molecule has 0 fully saturated rings. The summed E-state index contributed by atoms with van der Waals surface area (Å²) in [5, 5.41) is 0. The van der Waals surface area contributed by atoms with Crippen molar-refractivity contribution in [2.75, 3.05) is 50.9 Å². The lowest BCUT2D eigenvalue weighted by Gasteiger charge is -2.27. The highest BCUT2D eigenvalue weighted by molar-refractivity contribution is 7.87. The zero-order valence-electron chi connectivity index (χ0n) is 20.7. The number of carbonyl (C=O) groups is 1. The van der Waals surface area contributed by atoms with Crippen molar-refractivity contribution in [1.82, 2.24) is 9.80 Å². The second-order valence-electron chi connectivity index (χ2n) is 8.24. The summed E-state index contributed by atoms with van der Waals surface area (Å²) < 4.78 is 30.1. The van der Waals surface area contributed by atoms with Gasteiger partial charge >= 0.3 is 10.1 Å². The van der Waals surface area contributed by atoms with E-state index in [1.807, 2.05) is 76.2 Å². The Hall–Kier alpha value is -2.58. The molecule has 0 aliphatic rings. The van der Waals surface area contributed by atoms with Gasteiger partial charge in [-0.15, -0.1) is 0 Å². The van der Waals surface area contributed by atoms with Crippen molar-refractivity contribution >= 4 is 21.7 Å². The number of amides is 1. The Bertz CT molecular complexity index is 1030. The smallest absolute Gasteiger partial charge is 0.308 e. The zero-order chi connectivity index (χ0) is 24.6. The molecule has 0 aliphatic carbocycles. The highest BCUT2D eigenvalue weighted by atomic mass is 32.2. The zero-order valence-corrected chi connectivity index (χ0v) is 21.5. The van der Waals surface area contributed by atoms with E-state index >= 15 is 0 Å². The van der Waals surface area contributed by atoms with Crippen molar-refractivity contribution in [1.29, 1.82) is 0 Å². The van der Waals surface area contributed by atoms with Crippen molar-refractivity contribution in [3.8, 4) is 5.75 Å². The molecule has 7 nitrogen and oxygen atoms in total. The summed E-state index contributed by atoms with van der Waals surface area (Å²) >= 11 is 0. The summed E-state index contributed by atoms with van der Waals surface area (Å²) in [5.74, 6) is 0.0507. The molecular formula is C25H37N3O4S. The molecule has 2 aromatic carbocycles. The highest BCUT2D eigenvalue weighted by Crippen LogP contribution is 2.29. The lowest BCUT2D eigenvalue weighted by Crippen LogP contribution is -2.36. The maximum Gasteiger partial charge on any atom is 0.308 e. The monoisotopic (exact) mass is 475 g/mol. The van der Waals surface area contributed by atoms with Crippen LogP contribution in [0.4, 0.5) is 5.69 Å². The van der Waals surface area contributed by atoms with E-state index in [-0.39, 0.29) is 24.0 Å². The van der Waals surface area contributed by atoms with Crippen molar-refractivity contribution in [2.45, 2.75) is 34.2 Å². The van der Waals surface area contributed by atoms with Crippen LogP contribution in [-0.4, -0.2) is 70.2 Å². The number of aryl methyl sites for hydroxylation is 1. The topological polar surface area (TPSA) is 70.2 Å². The molecule has 8 heteroatoms. The summed E-state index contributed by atoms with van der Waals surface area (Å²) in [6.45, 7) is 10.6. The minimum absolute atomic E-state index is 0.0907. The van der Waals surface area contributed by atoms with Crippen LogP contribution in [0.3, 0.4) is 0 Å². The molecule has 0 unspecified atom stereocenters. The Balaban J connectivity index is 2.48. The average molecular weight is 476 g/mol. The molecule has 0 radical (unpaired) electrons. The summed E-state index contributed by atoms with van der Waals surface area (Å²) in [5.41, 5.74) is 3.08. The van der Waals surface area contributed by atoms with Crippen molar-refractivity contribution in [2.24, 2.45) is 0 Å². The first-order valence-electron chi connectivity index (χ1n) is 11.4.